The molecule has 0 radical (unpaired) electrons. The highest BCUT2D eigenvalue weighted by Crippen LogP contribution is 2.35. The van der Waals surface area contributed by atoms with Crippen LogP contribution in [0.15, 0.2) is 18.2 Å². The van der Waals surface area contributed by atoms with E-state index in [1.54, 1.807) is 12.1 Å². The molecule has 0 bridgehead atoms. The molecule has 1 saturated carbocycles. The highest BCUT2D eigenvalue weighted by molar-refractivity contribution is 5.94. The van der Waals surface area contributed by atoms with Crippen LogP contribution in [0.3, 0.4) is 0 Å². The van der Waals surface area contributed by atoms with Gasteiger partial charge in [0.15, 0.2) is 5.78 Å². The van der Waals surface area contributed by atoms with Crippen molar-refractivity contribution in [3.05, 3.63) is 35.1 Å². The Hall–Kier alpha value is -1.18. The van der Waals surface area contributed by atoms with Crippen molar-refractivity contribution in [2.45, 2.75) is 38.5 Å². The van der Waals surface area contributed by atoms with Crippen molar-refractivity contribution in [1.82, 2.24) is 0 Å². The number of benzene rings is 1. The molecule has 0 heterocycles. The molecule has 80 valence electrons. The van der Waals surface area contributed by atoms with Gasteiger partial charge in [-0.2, -0.15) is 0 Å². The van der Waals surface area contributed by atoms with Crippen molar-refractivity contribution in [1.29, 1.82) is 0 Å². The maximum atomic E-state index is 13.7. The normalized spacial score (nSPS) is 16.9. The Morgan fingerprint density at radius 3 is 2.53 bits per heavy atom. The Labute approximate surface area is 89.3 Å². The lowest BCUT2D eigenvalue weighted by Gasteiger charge is -2.11. The zero-order chi connectivity index (χ0) is 10.8. The lowest BCUT2D eigenvalue weighted by Crippen LogP contribution is -2.00. The zero-order valence-corrected chi connectivity index (χ0v) is 8.92. The molecule has 2 heteroatoms. The topological polar surface area (TPSA) is 17.1 Å². The minimum Gasteiger partial charge on any atom is -0.295 e. The van der Waals surface area contributed by atoms with Gasteiger partial charge in [0.2, 0.25) is 0 Å². The monoisotopic (exact) mass is 206 g/mol. The summed E-state index contributed by atoms with van der Waals surface area (Å²) < 4.78 is 13.7. The van der Waals surface area contributed by atoms with E-state index in [2.05, 4.69) is 0 Å². The Morgan fingerprint density at radius 2 is 2.00 bits per heavy atom. The summed E-state index contributed by atoms with van der Waals surface area (Å²) in [6.45, 7) is 1.46. The molecule has 1 aliphatic rings. The summed E-state index contributed by atoms with van der Waals surface area (Å²) in [5.41, 5.74) is 1.26. The van der Waals surface area contributed by atoms with E-state index in [1.165, 1.54) is 25.8 Å². The molecule has 0 N–H and O–H groups in total. The summed E-state index contributed by atoms with van der Waals surface area (Å²) in [5, 5.41) is 0. The Kier molecular flexibility index (Phi) is 2.85. The summed E-state index contributed by atoms with van der Waals surface area (Å²) in [4.78, 5) is 11.1. The molecule has 2 rings (SSSR count). The number of hydrogen-bond acceptors (Lipinski definition) is 1. The minimum absolute atomic E-state index is 0.0770. The molecule has 1 nitrogen and oxygen atoms in total. The van der Waals surface area contributed by atoms with Crippen LogP contribution in [0.4, 0.5) is 4.39 Å². The second kappa shape index (κ2) is 4.13. The van der Waals surface area contributed by atoms with Gasteiger partial charge in [-0.15, -0.1) is 0 Å². The molecule has 1 aliphatic carbocycles. The predicted molar refractivity (Wildman–Crippen MR) is 57.6 cm³/mol. The van der Waals surface area contributed by atoms with E-state index in [9.17, 15) is 9.18 Å². The van der Waals surface area contributed by atoms with E-state index in [0.29, 0.717) is 11.5 Å². The van der Waals surface area contributed by atoms with E-state index in [-0.39, 0.29) is 11.6 Å². The summed E-state index contributed by atoms with van der Waals surface area (Å²) >= 11 is 0. The Morgan fingerprint density at radius 1 is 1.33 bits per heavy atom. The van der Waals surface area contributed by atoms with Gasteiger partial charge >= 0.3 is 0 Å². The highest BCUT2D eigenvalue weighted by Gasteiger charge is 2.20. The number of carbonyl (C=O) groups is 1. The Balaban J connectivity index is 2.29. The molecule has 0 unspecified atom stereocenters. The molecule has 0 aliphatic heterocycles. The third kappa shape index (κ3) is 2.09. The van der Waals surface area contributed by atoms with Crippen molar-refractivity contribution >= 4 is 5.78 Å². The first-order valence-electron chi connectivity index (χ1n) is 5.49. The van der Waals surface area contributed by atoms with Gasteiger partial charge in [-0.1, -0.05) is 25.0 Å². The summed E-state index contributed by atoms with van der Waals surface area (Å²) in [6.07, 6.45) is 4.55. The van der Waals surface area contributed by atoms with E-state index < -0.39 is 0 Å². The fraction of sp³-hybridized carbons (Fsp3) is 0.462. The van der Waals surface area contributed by atoms with E-state index in [4.69, 9.17) is 0 Å². The first-order valence-corrected chi connectivity index (χ1v) is 5.49. The molecule has 1 aromatic rings. The van der Waals surface area contributed by atoms with Crippen LogP contribution in [0.1, 0.15) is 54.4 Å². The number of Topliss-reactive ketones (excluding diaryl/α,β-unsaturated/α-hetero) is 1. The molecule has 0 aromatic heterocycles. The summed E-state index contributed by atoms with van der Waals surface area (Å²) in [6, 6.07) is 4.89. The average Bonchev–Trinajstić information content (AvgIpc) is 2.70. The first-order chi connectivity index (χ1) is 7.18. The largest absolute Gasteiger partial charge is 0.295 e. The van der Waals surface area contributed by atoms with Crippen molar-refractivity contribution in [3.8, 4) is 0 Å². The van der Waals surface area contributed by atoms with Gasteiger partial charge in [0.1, 0.15) is 5.82 Å². The molecule has 1 aromatic carbocycles. The maximum Gasteiger partial charge on any atom is 0.159 e. The Bertz CT molecular complexity index is 378. The quantitative estimate of drug-likeness (QED) is 0.674. The smallest absolute Gasteiger partial charge is 0.159 e. The highest BCUT2D eigenvalue weighted by atomic mass is 19.1. The van der Waals surface area contributed by atoms with Gasteiger partial charge in [0.25, 0.3) is 0 Å². The fourth-order valence-corrected chi connectivity index (χ4v) is 2.31. The van der Waals surface area contributed by atoms with Crippen LogP contribution in [0, 0.1) is 5.82 Å². The fourth-order valence-electron chi connectivity index (χ4n) is 2.31. The van der Waals surface area contributed by atoms with Crippen LogP contribution in [0.2, 0.25) is 0 Å². The standard InChI is InChI=1S/C13H15FO/c1-9(15)11-6-7-12(13(14)8-11)10-4-2-3-5-10/h6-8,10H,2-5H2,1H3. The number of halogens is 1. The van der Waals surface area contributed by atoms with Crippen molar-refractivity contribution in [2.75, 3.05) is 0 Å². The predicted octanol–water partition coefficient (Wildman–Crippen LogP) is 3.69. The third-order valence-corrected chi connectivity index (χ3v) is 3.20. The van der Waals surface area contributed by atoms with Crippen molar-refractivity contribution < 1.29 is 9.18 Å². The average molecular weight is 206 g/mol. The second-order valence-corrected chi connectivity index (χ2v) is 4.27. The van der Waals surface area contributed by atoms with Crippen LogP contribution >= 0.6 is 0 Å². The van der Waals surface area contributed by atoms with Crippen LogP contribution in [0.25, 0.3) is 0 Å². The van der Waals surface area contributed by atoms with Crippen LogP contribution < -0.4 is 0 Å². The summed E-state index contributed by atoms with van der Waals surface area (Å²) in [5.74, 6) is 0.0764. The van der Waals surface area contributed by atoms with Gasteiger partial charge in [0.05, 0.1) is 0 Å². The molecule has 0 atom stereocenters. The molecule has 0 amide bonds. The van der Waals surface area contributed by atoms with E-state index in [0.717, 1.165) is 18.4 Å². The van der Waals surface area contributed by atoms with E-state index in [1.807, 2.05) is 0 Å². The van der Waals surface area contributed by atoms with Crippen LogP contribution in [-0.2, 0) is 0 Å². The zero-order valence-electron chi connectivity index (χ0n) is 8.92. The molecule has 0 spiro atoms. The molecule has 15 heavy (non-hydrogen) atoms. The van der Waals surface area contributed by atoms with Gasteiger partial charge in [-0.25, -0.2) is 4.39 Å². The molecule has 1 fully saturated rings. The van der Waals surface area contributed by atoms with Gasteiger partial charge < -0.3 is 0 Å². The molecule has 0 saturated heterocycles. The number of ketones is 1. The van der Waals surface area contributed by atoms with Crippen molar-refractivity contribution in [3.63, 3.8) is 0 Å². The lowest BCUT2D eigenvalue weighted by molar-refractivity contribution is 0.101. The third-order valence-electron chi connectivity index (χ3n) is 3.20. The number of hydrogen-bond donors (Lipinski definition) is 0. The van der Waals surface area contributed by atoms with E-state index >= 15 is 0 Å². The van der Waals surface area contributed by atoms with Crippen LogP contribution in [0.5, 0.6) is 0 Å². The maximum absolute atomic E-state index is 13.7. The van der Waals surface area contributed by atoms with Gasteiger partial charge in [-0.05, 0) is 37.3 Å². The van der Waals surface area contributed by atoms with Crippen LogP contribution in [-0.4, -0.2) is 5.78 Å². The molecular formula is C13H15FO. The van der Waals surface area contributed by atoms with Gasteiger partial charge in [-0.3, -0.25) is 4.79 Å². The lowest BCUT2D eigenvalue weighted by atomic mass is 9.95. The second-order valence-electron chi connectivity index (χ2n) is 4.27. The SMILES string of the molecule is CC(=O)c1ccc(C2CCCC2)c(F)c1. The number of carbonyl (C=O) groups excluding carboxylic acids is 1. The molecular weight excluding hydrogens is 191 g/mol. The first kappa shape index (κ1) is 10.3. The van der Waals surface area contributed by atoms with Crippen molar-refractivity contribution in [2.24, 2.45) is 0 Å². The number of rotatable bonds is 2. The summed E-state index contributed by atoms with van der Waals surface area (Å²) in [7, 11) is 0. The minimum atomic E-state index is -0.213. The van der Waals surface area contributed by atoms with Gasteiger partial charge in [0, 0.05) is 5.56 Å².